The van der Waals surface area contributed by atoms with Crippen molar-refractivity contribution in [2.24, 2.45) is 5.92 Å². The molecule has 1 fully saturated rings. The van der Waals surface area contributed by atoms with Crippen LogP contribution in [0.5, 0.6) is 0 Å². The number of carbonyl (C=O) groups excluding carboxylic acids is 1. The highest BCUT2D eigenvalue weighted by atomic mass is 79.9. The molecule has 110 valence electrons. The number of halogens is 3. The van der Waals surface area contributed by atoms with Gasteiger partial charge in [-0.15, -0.1) is 0 Å². The Morgan fingerprint density at radius 3 is 2.65 bits per heavy atom. The van der Waals surface area contributed by atoms with E-state index in [0.29, 0.717) is 10.6 Å². The van der Waals surface area contributed by atoms with Crippen molar-refractivity contribution in [2.75, 3.05) is 5.33 Å². The van der Waals surface area contributed by atoms with Crippen LogP contribution in [0.1, 0.15) is 43.0 Å². The first kappa shape index (κ1) is 16.3. The van der Waals surface area contributed by atoms with Gasteiger partial charge in [-0.25, -0.2) is 0 Å². The molecule has 1 amide bonds. The maximum Gasteiger partial charge on any atom is 0.252 e. The molecule has 1 aromatic carbocycles. The zero-order valence-corrected chi connectivity index (χ0v) is 15.3. The predicted molar refractivity (Wildman–Crippen MR) is 90.8 cm³/mol. The molecule has 0 radical (unpaired) electrons. The summed E-state index contributed by atoms with van der Waals surface area (Å²) in [6, 6.07) is 5.25. The van der Waals surface area contributed by atoms with Crippen LogP contribution in [-0.2, 0) is 0 Å². The summed E-state index contributed by atoms with van der Waals surface area (Å²) in [6.45, 7) is 2.27. The topological polar surface area (TPSA) is 29.1 Å². The minimum absolute atomic E-state index is 0.0393. The quantitative estimate of drug-likeness (QED) is 0.667. The maximum atomic E-state index is 12.5. The summed E-state index contributed by atoms with van der Waals surface area (Å²) >= 11 is 12.9. The predicted octanol–water partition coefficient (Wildman–Crippen LogP) is 5.18. The molecule has 1 saturated carbocycles. The number of hydrogen-bond donors (Lipinski definition) is 1. The average Bonchev–Trinajstić information content (AvgIpc) is 2.41. The van der Waals surface area contributed by atoms with E-state index in [4.69, 9.17) is 11.6 Å². The summed E-state index contributed by atoms with van der Waals surface area (Å²) in [4.78, 5) is 12.5. The van der Waals surface area contributed by atoms with Crippen LogP contribution >= 0.6 is 43.5 Å². The first-order valence-corrected chi connectivity index (χ1v) is 9.08. The maximum absolute atomic E-state index is 12.5. The number of benzene rings is 1. The molecule has 0 aromatic heterocycles. The molecule has 2 rings (SSSR count). The Labute approximate surface area is 141 Å². The van der Waals surface area contributed by atoms with Crippen molar-refractivity contribution in [3.8, 4) is 0 Å². The zero-order chi connectivity index (χ0) is 14.8. The molecule has 2 nitrogen and oxygen atoms in total. The monoisotopic (exact) mass is 421 g/mol. The van der Waals surface area contributed by atoms with Gasteiger partial charge in [0.1, 0.15) is 0 Å². The van der Waals surface area contributed by atoms with Gasteiger partial charge < -0.3 is 5.32 Å². The molecular formula is C15H18Br2ClNO. The molecular weight excluding hydrogens is 405 g/mol. The molecule has 0 bridgehead atoms. The van der Waals surface area contributed by atoms with E-state index in [1.54, 1.807) is 18.2 Å². The van der Waals surface area contributed by atoms with Crippen molar-refractivity contribution in [3.63, 3.8) is 0 Å². The zero-order valence-electron chi connectivity index (χ0n) is 11.4. The van der Waals surface area contributed by atoms with Gasteiger partial charge in [-0.05, 0) is 65.7 Å². The largest absolute Gasteiger partial charge is 0.346 e. The summed E-state index contributed by atoms with van der Waals surface area (Å²) < 4.78 is 0.733. The van der Waals surface area contributed by atoms with Gasteiger partial charge in [0.15, 0.2) is 0 Å². The van der Waals surface area contributed by atoms with Crippen molar-refractivity contribution >= 4 is 49.4 Å². The Balaban J connectivity index is 2.13. The Kier molecular flexibility index (Phi) is 5.55. The van der Waals surface area contributed by atoms with Gasteiger partial charge >= 0.3 is 0 Å². The van der Waals surface area contributed by atoms with E-state index in [0.717, 1.165) is 41.4 Å². The molecule has 1 aliphatic rings. The highest BCUT2D eigenvalue weighted by Crippen LogP contribution is 2.34. The van der Waals surface area contributed by atoms with Crippen LogP contribution in [0, 0.1) is 5.92 Å². The molecule has 20 heavy (non-hydrogen) atoms. The molecule has 1 aromatic rings. The van der Waals surface area contributed by atoms with Crippen molar-refractivity contribution in [1.29, 1.82) is 0 Å². The van der Waals surface area contributed by atoms with Gasteiger partial charge in [0, 0.05) is 14.8 Å². The standard InChI is InChI=1S/C15H18Br2ClNO/c1-10-4-6-15(9-16,7-5-10)19-14(20)12-3-2-11(18)8-13(12)17/h2-3,8,10H,4-7,9H2,1H3,(H,19,20). The molecule has 1 N–H and O–H groups in total. The molecule has 1 aliphatic carbocycles. The third kappa shape index (κ3) is 3.77. The van der Waals surface area contributed by atoms with Gasteiger partial charge in [0.2, 0.25) is 0 Å². The number of hydrogen-bond acceptors (Lipinski definition) is 1. The van der Waals surface area contributed by atoms with Crippen molar-refractivity contribution in [2.45, 2.75) is 38.1 Å². The van der Waals surface area contributed by atoms with E-state index in [1.165, 1.54) is 0 Å². The van der Waals surface area contributed by atoms with E-state index in [1.807, 2.05) is 0 Å². The average molecular weight is 424 g/mol. The number of carbonyl (C=O) groups is 1. The molecule has 5 heteroatoms. The Bertz CT molecular complexity index is 499. The van der Waals surface area contributed by atoms with Crippen molar-refractivity contribution in [1.82, 2.24) is 5.32 Å². The highest BCUT2D eigenvalue weighted by Gasteiger charge is 2.35. The lowest BCUT2D eigenvalue weighted by atomic mass is 9.78. The van der Waals surface area contributed by atoms with Gasteiger partial charge in [0.05, 0.1) is 11.1 Å². The summed E-state index contributed by atoms with van der Waals surface area (Å²) in [6.07, 6.45) is 4.37. The van der Waals surface area contributed by atoms with Crippen molar-refractivity contribution in [3.05, 3.63) is 33.3 Å². The smallest absolute Gasteiger partial charge is 0.252 e. The van der Waals surface area contributed by atoms with E-state index in [9.17, 15) is 4.79 Å². The third-order valence-corrected chi connectivity index (χ3v) is 6.01. The molecule has 0 atom stereocenters. The van der Waals surface area contributed by atoms with E-state index in [2.05, 4.69) is 44.1 Å². The van der Waals surface area contributed by atoms with Crippen LogP contribution in [0.2, 0.25) is 5.02 Å². The number of amides is 1. The van der Waals surface area contributed by atoms with Crippen LogP contribution in [-0.4, -0.2) is 16.8 Å². The first-order valence-electron chi connectivity index (χ1n) is 6.79. The van der Waals surface area contributed by atoms with Crippen molar-refractivity contribution < 1.29 is 4.79 Å². The summed E-state index contributed by atoms with van der Waals surface area (Å²) in [5.74, 6) is 0.712. The lowest BCUT2D eigenvalue weighted by molar-refractivity contribution is 0.0873. The lowest BCUT2D eigenvalue weighted by Crippen LogP contribution is -2.52. The van der Waals surface area contributed by atoms with Crippen LogP contribution in [0.15, 0.2) is 22.7 Å². The third-order valence-electron chi connectivity index (χ3n) is 4.04. The second-order valence-electron chi connectivity index (χ2n) is 5.67. The van der Waals surface area contributed by atoms with E-state index in [-0.39, 0.29) is 11.4 Å². The summed E-state index contributed by atoms with van der Waals surface area (Å²) in [7, 11) is 0. The molecule has 0 unspecified atom stereocenters. The SMILES string of the molecule is CC1CCC(CBr)(NC(=O)c2ccc(Cl)cc2Br)CC1. The van der Waals surface area contributed by atoms with E-state index >= 15 is 0 Å². The lowest BCUT2D eigenvalue weighted by Gasteiger charge is -2.39. The fraction of sp³-hybridized carbons (Fsp3) is 0.533. The number of nitrogens with one attached hydrogen (secondary N) is 1. The Morgan fingerprint density at radius 1 is 1.45 bits per heavy atom. The van der Waals surface area contributed by atoms with Gasteiger partial charge in [0.25, 0.3) is 5.91 Å². The fourth-order valence-corrected chi connectivity index (χ4v) is 4.15. The van der Waals surface area contributed by atoms with Crippen LogP contribution in [0.25, 0.3) is 0 Å². The number of rotatable bonds is 3. The summed E-state index contributed by atoms with van der Waals surface area (Å²) in [5, 5.41) is 4.64. The van der Waals surface area contributed by atoms with E-state index < -0.39 is 0 Å². The minimum Gasteiger partial charge on any atom is -0.346 e. The fourth-order valence-electron chi connectivity index (χ4n) is 2.59. The van der Waals surface area contributed by atoms with Crippen LogP contribution in [0.4, 0.5) is 0 Å². The molecule has 0 heterocycles. The molecule has 0 aliphatic heterocycles. The molecule has 0 spiro atoms. The highest BCUT2D eigenvalue weighted by molar-refractivity contribution is 9.10. The summed E-state index contributed by atoms with van der Waals surface area (Å²) in [5.41, 5.74) is 0.510. The Morgan fingerprint density at radius 2 is 2.10 bits per heavy atom. The normalized spacial score (nSPS) is 26.3. The van der Waals surface area contributed by atoms with Gasteiger partial charge in [-0.1, -0.05) is 34.5 Å². The first-order chi connectivity index (χ1) is 9.46. The van der Waals surface area contributed by atoms with Crippen LogP contribution in [0.3, 0.4) is 0 Å². The second kappa shape index (κ2) is 6.80. The van der Waals surface area contributed by atoms with Gasteiger partial charge in [-0.2, -0.15) is 0 Å². The van der Waals surface area contributed by atoms with Crippen LogP contribution < -0.4 is 5.32 Å². The van der Waals surface area contributed by atoms with Gasteiger partial charge in [-0.3, -0.25) is 4.79 Å². The minimum atomic E-state index is -0.122. The number of alkyl halides is 1. The molecule has 0 saturated heterocycles. The Hall–Kier alpha value is -0.0600. The second-order valence-corrected chi connectivity index (χ2v) is 7.53.